The van der Waals surface area contributed by atoms with Crippen LogP contribution in [0.4, 0.5) is 10.8 Å². The number of carboxylic acid groups (broad SMARTS) is 1. The van der Waals surface area contributed by atoms with E-state index >= 15 is 0 Å². The Morgan fingerprint density at radius 1 is 1.43 bits per heavy atom. The fourth-order valence-corrected chi connectivity index (χ4v) is 5.60. The first-order valence-electron chi connectivity index (χ1n) is 8.39. The van der Waals surface area contributed by atoms with Gasteiger partial charge in [-0.15, -0.1) is 11.8 Å². The molecule has 2 amide bonds. The van der Waals surface area contributed by atoms with Gasteiger partial charge in [0.05, 0.1) is 16.8 Å². The maximum absolute atomic E-state index is 12.9. The number of β-lactam (4-membered cyclic amide) rings is 1. The standard InChI is InChI=1S/C17H17N5O4S2/c1-7-6-27-15-13(14(24)22(15)12(7)16(25)26)21(11(23)5-18)8-2-3-9-10(4-8)28-17(19)20-9/h2-4,13,15H,5-6,18H2,1H3,(H2,19,20)(H,25,26). The summed E-state index contributed by atoms with van der Waals surface area (Å²) in [4.78, 5) is 44.0. The van der Waals surface area contributed by atoms with E-state index in [0.717, 1.165) is 4.70 Å². The number of amides is 2. The monoisotopic (exact) mass is 419 g/mol. The third-order valence-corrected chi connectivity index (χ3v) is 6.98. The number of benzene rings is 1. The summed E-state index contributed by atoms with van der Waals surface area (Å²) in [5.41, 5.74) is 13.2. The molecule has 1 aromatic carbocycles. The van der Waals surface area contributed by atoms with Gasteiger partial charge in [0.2, 0.25) is 5.91 Å². The van der Waals surface area contributed by atoms with E-state index in [9.17, 15) is 19.5 Å². The maximum atomic E-state index is 12.9. The van der Waals surface area contributed by atoms with Crippen LogP contribution in [0.3, 0.4) is 0 Å². The Balaban J connectivity index is 1.74. The van der Waals surface area contributed by atoms with Gasteiger partial charge >= 0.3 is 5.97 Å². The van der Waals surface area contributed by atoms with E-state index in [1.807, 2.05) is 0 Å². The van der Waals surface area contributed by atoms with E-state index in [-0.39, 0.29) is 12.2 Å². The van der Waals surface area contributed by atoms with Crippen molar-refractivity contribution in [2.24, 2.45) is 5.73 Å². The predicted octanol–water partition coefficient (Wildman–Crippen LogP) is 0.813. The number of nitrogens with two attached hydrogens (primary N) is 2. The van der Waals surface area contributed by atoms with Crippen LogP contribution in [0.5, 0.6) is 0 Å². The fraction of sp³-hybridized carbons (Fsp3) is 0.294. The molecule has 2 atom stereocenters. The van der Waals surface area contributed by atoms with Crippen molar-refractivity contribution < 1.29 is 19.5 Å². The second-order valence-corrected chi connectivity index (χ2v) is 8.63. The average Bonchev–Trinajstić information content (AvgIpc) is 3.04. The van der Waals surface area contributed by atoms with E-state index in [1.165, 1.54) is 32.9 Å². The summed E-state index contributed by atoms with van der Waals surface area (Å²) in [6.07, 6.45) is 0. The number of carbonyl (C=O) groups is 3. The van der Waals surface area contributed by atoms with Crippen molar-refractivity contribution in [1.82, 2.24) is 9.88 Å². The fourth-order valence-electron chi connectivity index (χ4n) is 3.50. The highest BCUT2D eigenvalue weighted by molar-refractivity contribution is 8.00. The molecule has 1 aromatic heterocycles. The lowest BCUT2D eigenvalue weighted by Gasteiger charge is -2.52. The Labute approximate surface area is 168 Å². The minimum absolute atomic E-state index is 0.00386. The normalized spacial score (nSPS) is 21.5. The van der Waals surface area contributed by atoms with Crippen molar-refractivity contribution in [2.75, 3.05) is 22.9 Å². The number of nitrogens with zero attached hydrogens (tertiary/aromatic N) is 3. The first-order chi connectivity index (χ1) is 13.3. The third kappa shape index (κ3) is 2.74. The second kappa shape index (κ2) is 6.76. The highest BCUT2D eigenvalue weighted by Gasteiger charge is 2.56. The van der Waals surface area contributed by atoms with Crippen LogP contribution in [0.1, 0.15) is 6.92 Å². The van der Waals surface area contributed by atoms with E-state index < -0.39 is 29.2 Å². The van der Waals surface area contributed by atoms with Crippen molar-refractivity contribution >= 4 is 61.9 Å². The lowest BCUT2D eigenvalue weighted by molar-refractivity contribution is -0.149. The van der Waals surface area contributed by atoms with E-state index in [1.54, 1.807) is 25.1 Å². The van der Waals surface area contributed by atoms with Gasteiger partial charge in [-0.05, 0) is 30.7 Å². The van der Waals surface area contributed by atoms with Crippen LogP contribution in [-0.4, -0.2) is 56.5 Å². The van der Waals surface area contributed by atoms with Crippen molar-refractivity contribution in [3.05, 3.63) is 29.5 Å². The number of hydrogen-bond donors (Lipinski definition) is 3. The quantitative estimate of drug-likeness (QED) is 0.618. The van der Waals surface area contributed by atoms with Gasteiger partial charge in [0.1, 0.15) is 17.1 Å². The SMILES string of the molecule is CC1=C(C(=O)O)N2C(=O)C(N(C(=O)CN)c3ccc4nc(N)sc4c3)C2SC1. The Morgan fingerprint density at radius 3 is 2.86 bits per heavy atom. The molecule has 2 aliphatic heterocycles. The number of aromatic nitrogens is 1. The van der Waals surface area contributed by atoms with Gasteiger partial charge in [0, 0.05) is 11.4 Å². The molecular weight excluding hydrogens is 402 g/mol. The number of thioether (sulfide) groups is 1. The van der Waals surface area contributed by atoms with Crippen LogP contribution >= 0.6 is 23.1 Å². The zero-order valence-electron chi connectivity index (χ0n) is 14.8. The van der Waals surface area contributed by atoms with E-state index in [2.05, 4.69) is 4.98 Å². The van der Waals surface area contributed by atoms with E-state index in [4.69, 9.17) is 11.5 Å². The summed E-state index contributed by atoms with van der Waals surface area (Å²) < 4.78 is 0.784. The zero-order valence-corrected chi connectivity index (χ0v) is 16.4. The summed E-state index contributed by atoms with van der Waals surface area (Å²) in [6, 6.07) is 4.36. The minimum Gasteiger partial charge on any atom is -0.477 e. The predicted molar refractivity (Wildman–Crippen MR) is 108 cm³/mol. The summed E-state index contributed by atoms with van der Waals surface area (Å²) in [5.74, 6) is -1.52. The molecule has 11 heteroatoms. The van der Waals surface area contributed by atoms with Crippen molar-refractivity contribution in [3.63, 3.8) is 0 Å². The highest BCUT2D eigenvalue weighted by Crippen LogP contribution is 2.43. The smallest absolute Gasteiger partial charge is 0.352 e. The molecule has 9 nitrogen and oxygen atoms in total. The number of aliphatic carboxylic acids is 1. The molecule has 0 aliphatic carbocycles. The molecule has 146 valence electrons. The summed E-state index contributed by atoms with van der Waals surface area (Å²) in [7, 11) is 0. The van der Waals surface area contributed by atoms with Gasteiger partial charge < -0.3 is 16.6 Å². The first-order valence-corrected chi connectivity index (χ1v) is 10.3. The lowest BCUT2D eigenvalue weighted by atomic mass is 10.0. The number of carboxylic acids is 1. The van der Waals surface area contributed by atoms with Crippen molar-refractivity contribution in [3.8, 4) is 0 Å². The van der Waals surface area contributed by atoms with Crippen LogP contribution in [-0.2, 0) is 14.4 Å². The Morgan fingerprint density at radius 2 is 2.18 bits per heavy atom. The van der Waals surface area contributed by atoms with Crippen LogP contribution in [0.15, 0.2) is 29.5 Å². The molecule has 2 aromatic rings. The van der Waals surface area contributed by atoms with Crippen molar-refractivity contribution in [1.29, 1.82) is 0 Å². The highest BCUT2D eigenvalue weighted by atomic mass is 32.2. The zero-order chi connectivity index (χ0) is 20.2. The molecule has 2 aliphatic rings. The summed E-state index contributed by atoms with van der Waals surface area (Å²) in [5, 5.41) is 9.42. The van der Waals surface area contributed by atoms with Crippen LogP contribution in [0.2, 0.25) is 0 Å². The molecule has 0 bridgehead atoms. The minimum atomic E-state index is -1.15. The molecule has 4 rings (SSSR count). The van der Waals surface area contributed by atoms with Gasteiger partial charge in [-0.25, -0.2) is 9.78 Å². The lowest BCUT2D eigenvalue weighted by Crippen LogP contribution is -2.72. The Bertz CT molecular complexity index is 1050. The summed E-state index contributed by atoms with van der Waals surface area (Å²) in [6.45, 7) is 1.42. The molecule has 0 saturated carbocycles. The molecule has 28 heavy (non-hydrogen) atoms. The van der Waals surface area contributed by atoms with Gasteiger partial charge in [-0.1, -0.05) is 11.3 Å². The van der Waals surface area contributed by atoms with Crippen LogP contribution in [0, 0.1) is 0 Å². The number of nitrogen functional groups attached to an aromatic ring is 1. The van der Waals surface area contributed by atoms with Crippen LogP contribution in [0.25, 0.3) is 10.2 Å². The molecule has 2 unspecified atom stereocenters. The Hall–Kier alpha value is -2.63. The molecule has 0 radical (unpaired) electrons. The number of hydrogen-bond acceptors (Lipinski definition) is 8. The van der Waals surface area contributed by atoms with Crippen LogP contribution < -0.4 is 16.4 Å². The number of thiazole rings is 1. The summed E-state index contributed by atoms with van der Waals surface area (Å²) >= 11 is 2.71. The van der Waals surface area contributed by atoms with Gasteiger partial charge in [0.15, 0.2) is 5.13 Å². The molecule has 5 N–H and O–H groups in total. The largest absolute Gasteiger partial charge is 0.477 e. The van der Waals surface area contributed by atoms with E-state index in [0.29, 0.717) is 27.7 Å². The van der Waals surface area contributed by atoms with Gasteiger partial charge in [-0.2, -0.15) is 0 Å². The average molecular weight is 419 g/mol. The first kappa shape index (κ1) is 18.7. The molecule has 1 fully saturated rings. The molecule has 1 saturated heterocycles. The molecule has 0 spiro atoms. The number of fused-ring (bicyclic) bond motifs is 2. The molecular formula is C17H17N5O4S2. The van der Waals surface area contributed by atoms with Gasteiger partial charge in [0.25, 0.3) is 5.91 Å². The Kier molecular flexibility index (Phi) is 4.52. The third-order valence-electron chi connectivity index (χ3n) is 4.72. The number of anilines is 2. The van der Waals surface area contributed by atoms with Gasteiger partial charge in [-0.3, -0.25) is 19.4 Å². The maximum Gasteiger partial charge on any atom is 0.352 e. The van der Waals surface area contributed by atoms with Crippen molar-refractivity contribution in [2.45, 2.75) is 18.3 Å². The number of carbonyl (C=O) groups excluding carboxylic acids is 2. The topological polar surface area (TPSA) is 143 Å². The number of rotatable bonds is 4. The molecule has 3 heterocycles. The second-order valence-electron chi connectivity index (χ2n) is 6.46.